The average Bonchev–Trinajstić information content (AvgIpc) is 3.60. The van der Waals surface area contributed by atoms with Crippen LogP contribution in [-0.4, -0.2) is 90.3 Å². The molecule has 14 nitrogen and oxygen atoms in total. The van der Waals surface area contributed by atoms with E-state index in [1.165, 1.54) is 4.90 Å². The van der Waals surface area contributed by atoms with Gasteiger partial charge in [-0.1, -0.05) is 68.4 Å². The van der Waals surface area contributed by atoms with Crippen molar-refractivity contribution < 1.29 is 37.5 Å². The topological polar surface area (TPSA) is 198 Å². The van der Waals surface area contributed by atoms with Gasteiger partial charge in [-0.3, -0.25) is 28.8 Å². The van der Waals surface area contributed by atoms with Gasteiger partial charge in [-0.2, -0.15) is 0 Å². The fourth-order valence-electron chi connectivity index (χ4n) is 7.23. The Balaban J connectivity index is 1.22. The maximum atomic E-state index is 13.9. The van der Waals surface area contributed by atoms with Crippen LogP contribution in [0.5, 0.6) is 0 Å². The number of carboxylic acids is 1. The number of sulfonamides is 1. The fraction of sp³-hybridized carbons (Fsp3) is 0.326. The number of anilines is 2. The SMILES string of the molecule is CCC(CC)N(CCN(C)C(=O)CCC(=O)NS(C)(=O)=O)Cc1cccc(C(=O)Nc2[nH]c3ccccc3c2C(=O)Nc2ccc(CCCc3ccc(C(=O)O)cc3)cc2)c1. The summed E-state index contributed by atoms with van der Waals surface area (Å²) in [5.41, 5.74) is 5.30. The second-order valence-electron chi connectivity index (χ2n) is 15.1. The second kappa shape index (κ2) is 21.3. The van der Waals surface area contributed by atoms with Crippen molar-refractivity contribution in [1.29, 1.82) is 0 Å². The number of likely N-dealkylation sites (N-methyl/N-ethyl adjacent to an activating group) is 1. The third-order valence-corrected chi connectivity index (χ3v) is 11.2. The molecular formula is C46H54N6O8S. The van der Waals surface area contributed by atoms with Gasteiger partial charge in [-0.05, 0) is 91.3 Å². The zero-order chi connectivity index (χ0) is 44.1. The third-order valence-electron chi connectivity index (χ3n) is 10.6. The molecule has 0 radical (unpaired) electrons. The van der Waals surface area contributed by atoms with Crippen LogP contribution in [0.2, 0.25) is 0 Å². The first-order valence-electron chi connectivity index (χ1n) is 20.4. The Morgan fingerprint density at radius 3 is 2.03 bits per heavy atom. The number of hydrogen-bond donors (Lipinski definition) is 5. The Kier molecular flexibility index (Phi) is 16.0. The van der Waals surface area contributed by atoms with Crippen LogP contribution in [0.15, 0.2) is 97.1 Å². The largest absolute Gasteiger partial charge is 0.478 e. The minimum atomic E-state index is -3.70. The summed E-state index contributed by atoms with van der Waals surface area (Å²) < 4.78 is 24.5. The molecule has 0 aliphatic carbocycles. The molecule has 0 saturated carbocycles. The van der Waals surface area contributed by atoms with Crippen LogP contribution in [0, 0.1) is 0 Å². The lowest BCUT2D eigenvalue weighted by Crippen LogP contribution is -2.41. The Morgan fingerprint density at radius 2 is 1.39 bits per heavy atom. The standard InChI is InChI=1S/C46H54N6O8S/c1-5-37(6-2)52(28-27-51(3)41(54)26-25-40(53)50-61(4,59)60)30-33-13-10-14-35(29-33)44(55)49-43-42(38-15-7-8-16-39(38)48-43)45(56)47-36-23-19-32(20-24-36)12-9-11-31-17-21-34(22-18-31)46(57)58/h7-8,10,13-24,29,37,48H,5-6,9,11-12,25-28,30H2,1-4H3,(H,47,56)(H,49,55)(H,50,53)(H,57,58). The van der Waals surface area contributed by atoms with Gasteiger partial charge in [0.25, 0.3) is 11.8 Å². The molecule has 1 heterocycles. The summed E-state index contributed by atoms with van der Waals surface area (Å²) in [5.74, 6) is -2.47. The van der Waals surface area contributed by atoms with Gasteiger partial charge in [0.1, 0.15) is 5.82 Å². The monoisotopic (exact) mass is 850 g/mol. The lowest BCUT2D eigenvalue weighted by Gasteiger charge is -2.32. The number of aromatic carboxylic acids is 1. The molecule has 0 bridgehead atoms. The first-order chi connectivity index (χ1) is 29.1. The minimum Gasteiger partial charge on any atom is -0.478 e. The Morgan fingerprint density at radius 1 is 0.738 bits per heavy atom. The van der Waals surface area contributed by atoms with Crippen molar-refractivity contribution in [1.82, 2.24) is 19.5 Å². The number of aryl methyl sites for hydroxylation is 2. The fourth-order valence-corrected chi connectivity index (χ4v) is 7.75. The van der Waals surface area contributed by atoms with Crippen molar-refractivity contribution in [2.75, 3.05) is 37.0 Å². The van der Waals surface area contributed by atoms with Crippen LogP contribution in [0.1, 0.15) is 93.7 Å². The van der Waals surface area contributed by atoms with Gasteiger partial charge in [0.05, 0.1) is 17.4 Å². The summed E-state index contributed by atoms with van der Waals surface area (Å²) >= 11 is 0. The Bertz CT molecular complexity index is 2440. The number of amides is 4. The molecule has 5 N–H and O–H groups in total. The molecule has 0 fully saturated rings. The highest BCUT2D eigenvalue weighted by Gasteiger charge is 2.23. The second-order valence-corrected chi connectivity index (χ2v) is 16.9. The van der Waals surface area contributed by atoms with E-state index < -0.39 is 27.8 Å². The van der Waals surface area contributed by atoms with E-state index in [0.29, 0.717) is 47.4 Å². The number of hydrogen-bond acceptors (Lipinski definition) is 8. The molecule has 5 rings (SSSR count). The molecule has 4 aromatic carbocycles. The minimum absolute atomic E-state index is 0.120. The molecule has 61 heavy (non-hydrogen) atoms. The molecule has 0 aliphatic rings. The molecule has 0 saturated heterocycles. The van der Waals surface area contributed by atoms with Crippen LogP contribution in [0.3, 0.4) is 0 Å². The maximum Gasteiger partial charge on any atom is 0.335 e. The number of nitrogens with zero attached hydrogens (tertiary/aromatic N) is 2. The van der Waals surface area contributed by atoms with E-state index in [9.17, 15) is 32.4 Å². The zero-order valence-electron chi connectivity index (χ0n) is 35.0. The van der Waals surface area contributed by atoms with Gasteiger partial charge < -0.3 is 25.6 Å². The number of carbonyl (C=O) groups excluding carboxylic acids is 4. The first-order valence-corrected chi connectivity index (χ1v) is 22.2. The Hall–Kier alpha value is -6.32. The molecular weight excluding hydrogens is 797 g/mol. The number of para-hydroxylation sites is 1. The van der Waals surface area contributed by atoms with Crippen molar-refractivity contribution in [2.24, 2.45) is 0 Å². The molecule has 0 spiro atoms. The summed E-state index contributed by atoms with van der Waals surface area (Å²) in [6.45, 7) is 5.62. The predicted octanol–water partition coefficient (Wildman–Crippen LogP) is 6.85. The van der Waals surface area contributed by atoms with Crippen LogP contribution in [-0.2, 0) is 39.0 Å². The van der Waals surface area contributed by atoms with E-state index in [4.69, 9.17) is 5.11 Å². The number of fused-ring (bicyclic) bond motifs is 1. The number of H-pyrrole nitrogens is 1. The smallest absolute Gasteiger partial charge is 0.335 e. The number of nitrogens with one attached hydrogen (secondary N) is 4. The normalized spacial score (nSPS) is 11.4. The molecule has 0 unspecified atom stereocenters. The van der Waals surface area contributed by atoms with Gasteiger partial charge in [0.2, 0.25) is 21.8 Å². The van der Waals surface area contributed by atoms with Gasteiger partial charge in [0.15, 0.2) is 0 Å². The van der Waals surface area contributed by atoms with Crippen molar-refractivity contribution in [3.05, 3.63) is 130 Å². The summed E-state index contributed by atoms with van der Waals surface area (Å²) in [5, 5.41) is 15.7. The van der Waals surface area contributed by atoms with Crippen molar-refractivity contribution in [2.45, 2.75) is 71.4 Å². The van der Waals surface area contributed by atoms with Gasteiger partial charge in [-0.25, -0.2) is 13.2 Å². The van der Waals surface area contributed by atoms with E-state index in [1.54, 1.807) is 25.2 Å². The quantitative estimate of drug-likeness (QED) is 0.0524. The molecule has 0 aliphatic heterocycles. The number of carbonyl (C=O) groups is 5. The summed E-state index contributed by atoms with van der Waals surface area (Å²) in [6.07, 6.45) is 4.74. The molecule has 15 heteroatoms. The van der Waals surface area contributed by atoms with E-state index in [0.717, 1.165) is 55.1 Å². The predicted molar refractivity (Wildman–Crippen MR) is 237 cm³/mol. The van der Waals surface area contributed by atoms with Crippen molar-refractivity contribution >= 4 is 62.0 Å². The van der Waals surface area contributed by atoms with E-state index in [1.807, 2.05) is 83.6 Å². The number of benzene rings is 4. The highest BCUT2D eigenvalue weighted by atomic mass is 32.2. The van der Waals surface area contributed by atoms with E-state index in [2.05, 4.69) is 34.4 Å². The molecule has 5 aromatic rings. The highest BCUT2D eigenvalue weighted by Crippen LogP contribution is 2.28. The molecule has 1 aromatic heterocycles. The first kappa shape index (κ1) is 45.8. The highest BCUT2D eigenvalue weighted by molar-refractivity contribution is 7.89. The zero-order valence-corrected chi connectivity index (χ0v) is 35.8. The van der Waals surface area contributed by atoms with E-state index in [-0.39, 0.29) is 42.1 Å². The van der Waals surface area contributed by atoms with Gasteiger partial charge >= 0.3 is 5.97 Å². The lowest BCUT2D eigenvalue weighted by atomic mass is 10.0. The van der Waals surface area contributed by atoms with Gasteiger partial charge in [0, 0.05) is 67.7 Å². The number of carboxylic acid groups (broad SMARTS) is 1. The van der Waals surface area contributed by atoms with Crippen LogP contribution in [0.25, 0.3) is 10.9 Å². The third kappa shape index (κ3) is 13.3. The van der Waals surface area contributed by atoms with Crippen LogP contribution >= 0.6 is 0 Å². The lowest BCUT2D eigenvalue weighted by molar-refractivity contribution is -0.132. The van der Waals surface area contributed by atoms with E-state index >= 15 is 0 Å². The molecule has 4 amide bonds. The average molecular weight is 851 g/mol. The summed E-state index contributed by atoms with van der Waals surface area (Å²) in [6, 6.07) is 29.3. The number of aromatic nitrogens is 1. The maximum absolute atomic E-state index is 13.9. The molecule has 0 atom stereocenters. The van der Waals surface area contributed by atoms with Gasteiger partial charge in [-0.15, -0.1) is 0 Å². The van der Waals surface area contributed by atoms with Crippen LogP contribution in [0.4, 0.5) is 11.5 Å². The van der Waals surface area contributed by atoms with Crippen LogP contribution < -0.4 is 15.4 Å². The van der Waals surface area contributed by atoms with Crippen molar-refractivity contribution in [3.63, 3.8) is 0 Å². The summed E-state index contributed by atoms with van der Waals surface area (Å²) in [7, 11) is -2.05. The Labute approximate surface area is 356 Å². The number of aromatic amines is 1. The summed E-state index contributed by atoms with van der Waals surface area (Å²) in [4.78, 5) is 70.5. The molecule has 322 valence electrons. The number of rotatable bonds is 21. The van der Waals surface area contributed by atoms with Crippen molar-refractivity contribution in [3.8, 4) is 0 Å².